The van der Waals surface area contributed by atoms with Gasteiger partial charge in [-0.05, 0) is 25.0 Å². The third-order valence-corrected chi connectivity index (χ3v) is 3.39. The maximum absolute atomic E-state index is 12.0. The molecule has 1 N–H and O–H groups in total. The zero-order valence-electron chi connectivity index (χ0n) is 12.2. The van der Waals surface area contributed by atoms with Gasteiger partial charge >= 0.3 is 6.18 Å². The van der Waals surface area contributed by atoms with Crippen molar-refractivity contribution in [2.45, 2.75) is 25.6 Å². The van der Waals surface area contributed by atoms with Crippen molar-refractivity contribution in [3.8, 4) is 5.75 Å². The van der Waals surface area contributed by atoms with Crippen LogP contribution in [-0.2, 0) is 16.0 Å². The van der Waals surface area contributed by atoms with Crippen LogP contribution < -0.4 is 10.1 Å². The molecular formula is C15H18F3NO3. The first-order chi connectivity index (χ1) is 10.3. The third kappa shape index (κ3) is 4.91. The van der Waals surface area contributed by atoms with Crippen LogP contribution >= 0.6 is 0 Å². The van der Waals surface area contributed by atoms with Crippen molar-refractivity contribution < 1.29 is 27.4 Å². The smallest absolute Gasteiger partial charge is 0.411 e. The minimum atomic E-state index is -4.44. The minimum absolute atomic E-state index is 0.0914. The van der Waals surface area contributed by atoms with Gasteiger partial charge in [-0.25, -0.2) is 0 Å². The van der Waals surface area contributed by atoms with Gasteiger partial charge in [0.2, 0.25) is 5.91 Å². The quantitative estimate of drug-likeness (QED) is 0.907. The van der Waals surface area contributed by atoms with E-state index < -0.39 is 24.8 Å². The standard InChI is InChI=1S/C15H18F3NO3/c1-10(22-9-15(16,17)18)14(20)19-7-11-6-12-4-2-3-5-13(12)21-8-11/h2-5,10-11H,6-9H2,1H3,(H,19,20)/t10-,11-/m1/s1. The first-order valence-electron chi connectivity index (χ1n) is 7.02. The van der Waals surface area contributed by atoms with Crippen molar-refractivity contribution in [1.29, 1.82) is 0 Å². The van der Waals surface area contributed by atoms with Crippen molar-refractivity contribution in [3.05, 3.63) is 29.8 Å². The summed E-state index contributed by atoms with van der Waals surface area (Å²) in [6, 6.07) is 7.65. The van der Waals surface area contributed by atoms with Gasteiger partial charge in [-0.3, -0.25) is 4.79 Å². The molecule has 0 aromatic heterocycles. The van der Waals surface area contributed by atoms with Crippen LogP contribution in [0, 0.1) is 5.92 Å². The van der Waals surface area contributed by atoms with E-state index in [9.17, 15) is 18.0 Å². The molecule has 22 heavy (non-hydrogen) atoms. The predicted molar refractivity (Wildman–Crippen MR) is 73.6 cm³/mol. The summed E-state index contributed by atoms with van der Waals surface area (Å²) in [6.07, 6.45) is -4.82. The first kappa shape index (κ1) is 16.6. The summed E-state index contributed by atoms with van der Waals surface area (Å²) in [7, 11) is 0. The van der Waals surface area contributed by atoms with Crippen molar-refractivity contribution >= 4 is 5.91 Å². The molecule has 1 aromatic rings. The van der Waals surface area contributed by atoms with Gasteiger partial charge in [0.25, 0.3) is 0 Å². The van der Waals surface area contributed by atoms with Crippen LogP contribution in [0.4, 0.5) is 13.2 Å². The summed E-state index contributed by atoms with van der Waals surface area (Å²) in [5.74, 6) is 0.378. The largest absolute Gasteiger partial charge is 0.493 e. The molecule has 1 aromatic carbocycles. The third-order valence-electron chi connectivity index (χ3n) is 3.39. The number of hydrogen-bond acceptors (Lipinski definition) is 3. The fourth-order valence-corrected chi connectivity index (χ4v) is 2.21. The Morgan fingerprint density at radius 1 is 1.45 bits per heavy atom. The Balaban J connectivity index is 1.75. The molecule has 1 aliphatic heterocycles. The number of amides is 1. The number of ether oxygens (including phenoxy) is 2. The average molecular weight is 317 g/mol. The van der Waals surface area contributed by atoms with Gasteiger partial charge < -0.3 is 14.8 Å². The van der Waals surface area contributed by atoms with E-state index in [1.807, 2.05) is 24.3 Å². The molecule has 0 spiro atoms. The Hall–Kier alpha value is -1.76. The van der Waals surface area contributed by atoms with Gasteiger partial charge in [0.15, 0.2) is 0 Å². The molecule has 0 saturated carbocycles. The molecular weight excluding hydrogens is 299 g/mol. The van der Waals surface area contributed by atoms with Gasteiger partial charge in [-0.1, -0.05) is 18.2 Å². The summed E-state index contributed by atoms with van der Waals surface area (Å²) in [4.78, 5) is 11.7. The Morgan fingerprint density at radius 2 is 2.18 bits per heavy atom. The Bertz CT molecular complexity index is 519. The van der Waals surface area contributed by atoms with Gasteiger partial charge in [0.05, 0.1) is 6.61 Å². The van der Waals surface area contributed by atoms with Gasteiger partial charge in [0.1, 0.15) is 18.5 Å². The number of carbonyl (C=O) groups excluding carboxylic acids is 1. The second-order valence-electron chi connectivity index (χ2n) is 5.30. The number of carbonyl (C=O) groups is 1. The number of fused-ring (bicyclic) bond motifs is 1. The lowest BCUT2D eigenvalue weighted by Gasteiger charge is -2.26. The van der Waals surface area contributed by atoms with E-state index in [2.05, 4.69) is 10.1 Å². The normalized spacial score (nSPS) is 19.0. The second-order valence-corrected chi connectivity index (χ2v) is 5.30. The highest BCUT2D eigenvalue weighted by Gasteiger charge is 2.30. The molecule has 122 valence electrons. The summed E-state index contributed by atoms with van der Waals surface area (Å²) in [5, 5.41) is 2.61. The van der Waals surface area contributed by atoms with Crippen molar-refractivity contribution in [3.63, 3.8) is 0 Å². The van der Waals surface area contributed by atoms with E-state index >= 15 is 0 Å². The van der Waals surface area contributed by atoms with E-state index in [1.54, 1.807) is 0 Å². The molecule has 2 rings (SSSR count). The summed E-state index contributed by atoms with van der Waals surface area (Å²) in [5.41, 5.74) is 1.06. The monoisotopic (exact) mass is 317 g/mol. The molecule has 2 atom stereocenters. The lowest BCUT2D eigenvalue weighted by Crippen LogP contribution is -2.41. The van der Waals surface area contributed by atoms with Crippen molar-refractivity contribution in [2.75, 3.05) is 19.8 Å². The predicted octanol–water partition coefficient (Wildman–Crippen LogP) is 2.32. The van der Waals surface area contributed by atoms with Crippen LogP contribution in [-0.4, -0.2) is 37.9 Å². The van der Waals surface area contributed by atoms with Crippen LogP contribution in [0.15, 0.2) is 24.3 Å². The number of alkyl halides is 3. The minimum Gasteiger partial charge on any atom is -0.493 e. The van der Waals surface area contributed by atoms with Crippen LogP contribution in [0.25, 0.3) is 0 Å². The fraction of sp³-hybridized carbons (Fsp3) is 0.533. The maximum atomic E-state index is 12.0. The van der Waals surface area contributed by atoms with E-state index in [0.29, 0.717) is 13.2 Å². The van der Waals surface area contributed by atoms with E-state index in [0.717, 1.165) is 17.7 Å². The molecule has 1 amide bonds. The molecule has 0 unspecified atom stereocenters. The molecule has 1 aliphatic rings. The lowest BCUT2D eigenvalue weighted by atomic mass is 9.97. The fourth-order valence-electron chi connectivity index (χ4n) is 2.21. The number of halogens is 3. The number of nitrogens with one attached hydrogen (secondary N) is 1. The van der Waals surface area contributed by atoms with Crippen LogP contribution in [0.2, 0.25) is 0 Å². The van der Waals surface area contributed by atoms with Gasteiger partial charge in [-0.15, -0.1) is 0 Å². The maximum Gasteiger partial charge on any atom is 0.411 e. The molecule has 0 fully saturated rings. The lowest BCUT2D eigenvalue weighted by molar-refractivity contribution is -0.185. The molecule has 0 saturated heterocycles. The second kappa shape index (κ2) is 7.00. The number of para-hydroxylation sites is 1. The topological polar surface area (TPSA) is 47.6 Å². The zero-order valence-corrected chi connectivity index (χ0v) is 12.2. The zero-order chi connectivity index (χ0) is 16.2. The highest BCUT2D eigenvalue weighted by molar-refractivity contribution is 5.80. The van der Waals surface area contributed by atoms with E-state index in [1.165, 1.54) is 6.92 Å². The highest BCUT2D eigenvalue weighted by Crippen LogP contribution is 2.26. The van der Waals surface area contributed by atoms with Crippen molar-refractivity contribution in [2.24, 2.45) is 5.92 Å². The van der Waals surface area contributed by atoms with Crippen molar-refractivity contribution in [1.82, 2.24) is 5.32 Å². The van der Waals surface area contributed by atoms with Crippen LogP contribution in [0.1, 0.15) is 12.5 Å². The number of hydrogen-bond donors (Lipinski definition) is 1. The number of rotatable bonds is 5. The van der Waals surface area contributed by atoms with Gasteiger partial charge in [-0.2, -0.15) is 13.2 Å². The Labute approximate surface area is 126 Å². The molecule has 0 radical (unpaired) electrons. The Kier molecular flexibility index (Phi) is 5.28. The molecule has 0 bridgehead atoms. The highest BCUT2D eigenvalue weighted by atomic mass is 19.4. The molecule has 4 nitrogen and oxygen atoms in total. The van der Waals surface area contributed by atoms with Crippen LogP contribution in [0.3, 0.4) is 0 Å². The first-order valence-corrected chi connectivity index (χ1v) is 7.02. The number of benzene rings is 1. The van der Waals surface area contributed by atoms with E-state index in [4.69, 9.17) is 4.74 Å². The van der Waals surface area contributed by atoms with Gasteiger partial charge in [0, 0.05) is 12.5 Å². The Morgan fingerprint density at radius 3 is 2.91 bits per heavy atom. The molecule has 0 aliphatic carbocycles. The average Bonchev–Trinajstić information content (AvgIpc) is 2.49. The van der Waals surface area contributed by atoms with Crippen LogP contribution in [0.5, 0.6) is 5.75 Å². The summed E-state index contributed by atoms with van der Waals surface area (Å²) < 4.78 is 46.2. The summed E-state index contributed by atoms with van der Waals surface area (Å²) in [6.45, 7) is 0.678. The SMILES string of the molecule is C[C@@H](OCC(F)(F)F)C(=O)NC[C@@H]1COc2ccccc2C1. The molecule has 7 heteroatoms. The summed E-state index contributed by atoms with van der Waals surface area (Å²) >= 11 is 0. The molecule has 1 heterocycles. The van der Waals surface area contributed by atoms with E-state index in [-0.39, 0.29) is 5.92 Å².